The summed E-state index contributed by atoms with van der Waals surface area (Å²) in [6.45, 7) is 0. The van der Waals surface area contributed by atoms with Crippen molar-refractivity contribution in [1.29, 1.82) is 0 Å². The Hall–Kier alpha value is -3.23. The summed E-state index contributed by atoms with van der Waals surface area (Å²) >= 11 is 0. The zero-order valence-electron chi connectivity index (χ0n) is 13.3. The highest BCUT2D eigenvalue weighted by atomic mass is 19.4. The van der Waals surface area contributed by atoms with Crippen LogP contribution in [-0.2, 0) is 6.18 Å². The van der Waals surface area contributed by atoms with Crippen molar-refractivity contribution in [1.82, 2.24) is 15.0 Å². The van der Waals surface area contributed by atoms with Crippen LogP contribution in [0.1, 0.15) is 5.82 Å². The molecular formula is C17H11F4N3O2. The Morgan fingerprint density at radius 1 is 0.962 bits per heavy atom. The van der Waals surface area contributed by atoms with E-state index in [4.69, 9.17) is 9.47 Å². The fourth-order valence-corrected chi connectivity index (χ4v) is 2.19. The van der Waals surface area contributed by atoms with E-state index in [9.17, 15) is 17.6 Å². The molecule has 0 amide bonds. The molecule has 0 bridgehead atoms. The fraction of sp³-hybridized carbons (Fsp3) is 0.118. The number of methoxy groups -OCH3 is 1. The Bertz CT molecular complexity index is 915. The summed E-state index contributed by atoms with van der Waals surface area (Å²) in [7, 11) is 1.43. The number of pyridine rings is 1. The van der Waals surface area contributed by atoms with Crippen LogP contribution in [0.15, 0.2) is 48.9 Å². The summed E-state index contributed by atoms with van der Waals surface area (Å²) in [5.74, 6) is -1.40. The van der Waals surface area contributed by atoms with Crippen molar-refractivity contribution in [2.75, 3.05) is 7.11 Å². The van der Waals surface area contributed by atoms with Crippen LogP contribution in [0, 0.1) is 5.82 Å². The van der Waals surface area contributed by atoms with Gasteiger partial charge in [0.2, 0.25) is 11.7 Å². The van der Waals surface area contributed by atoms with Gasteiger partial charge >= 0.3 is 6.18 Å². The molecule has 0 saturated carbocycles. The molecule has 9 heteroatoms. The monoisotopic (exact) mass is 365 g/mol. The number of aromatic nitrogens is 3. The van der Waals surface area contributed by atoms with Crippen LogP contribution in [0.3, 0.4) is 0 Å². The van der Waals surface area contributed by atoms with Gasteiger partial charge < -0.3 is 9.47 Å². The fourth-order valence-electron chi connectivity index (χ4n) is 2.19. The topological polar surface area (TPSA) is 57.1 Å². The van der Waals surface area contributed by atoms with Crippen LogP contribution in [0.5, 0.6) is 17.4 Å². The van der Waals surface area contributed by atoms with E-state index < -0.39 is 17.8 Å². The largest absolute Gasteiger partial charge is 0.496 e. The molecule has 0 unspecified atom stereocenters. The van der Waals surface area contributed by atoms with Crippen LogP contribution in [0.4, 0.5) is 17.6 Å². The number of hydrogen-bond donors (Lipinski definition) is 0. The van der Waals surface area contributed by atoms with Gasteiger partial charge in [-0.15, -0.1) is 0 Å². The summed E-state index contributed by atoms with van der Waals surface area (Å²) in [4.78, 5) is 10.5. The van der Waals surface area contributed by atoms with Gasteiger partial charge in [0.25, 0.3) is 0 Å². The minimum atomic E-state index is -4.65. The average Bonchev–Trinajstić information content (AvgIpc) is 2.62. The molecule has 0 aliphatic carbocycles. The molecule has 0 N–H and O–H groups in total. The molecular weight excluding hydrogens is 354 g/mol. The van der Waals surface area contributed by atoms with E-state index in [-0.39, 0.29) is 11.6 Å². The van der Waals surface area contributed by atoms with Gasteiger partial charge in [-0.1, -0.05) is 0 Å². The third kappa shape index (κ3) is 3.71. The predicted octanol–water partition coefficient (Wildman–Crippen LogP) is 4.50. The summed E-state index contributed by atoms with van der Waals surface area (Å²) in [6.07, 6.45) is -1.45. The third-order valence-corrected chi connectivity index (χ3v) is 3.32. The maximum atomic E-state index is 13.6. The second-order valence-corrected chi connectivity index (χ2v) is 5.04. The van der Waals surface area contributed by atoms with Crippen molar-refractivity contribution in [3.05, 3.63) is 60.6 Å². The standard InChI is InChI=1S/C17H11F4N3O2/c1-25-14-5-4-10(18)7-13(14)12-3-2-6-22-15(12)26-11-8-23-16(24-9-11)17(19,20)21/h2-9H,1H3. The zero-order valence-corrected chi connectivity index (χ0v) is 13.3. The summed E-state index contributed by atoms with van der Waals surface area (Å²) in [6, 6.07) is 7.15. The van der Waals surface area contributed by atoms with Crippen molar-refractivity contribution in [3.63, 3.8) is 0 Å². The molecule has 2 aromatic heterocycles. The van der Waals surface area contributed by atoms with Gasteiger partial charge in [0.1, 0.15) is 11.6 Å². The van der Waals surface area contributed by atoms with Crippen molar-refractivity contribution in [2.45, 2.75) is 6.18 Å². The van der Waals surface area contributed by atoms with Crippen molar-refractivity contribution in [3.8, 4) is 28.5 Å². The molecule has 0 saturated heterocycles. The van der Waals surface area contributed by atoms with Crippen LogP contribution in [-0.4, -0.2) is 22.1 Å². The number of hydrogen-bond acceptors (Lipinski definition) is 5. The van der Waals surface area contributed by atoms with E-state index in [2.05, 4.69) is 15.0 Å². The number of nitrogens with zero attached hydrogens (tertiary/aromatic N) is 3. The van der Waals surface area contributed by atoms with Crippen LogP contribution in [0.2, 0.25) is 0 Å². The Balaban J connectivity index is 1.97. The smallest absolute Gasteiger partial charge is 0.451 e. The number of benzene rings is 1. The minimum Gasteiger partial charge on any atom is -0.496 e. The lowest BCUT2D eigenvalue weighted by molar-refractivity contribution is -0.145. The first kappa shape index (κ1) is 17.6. The first-order valence-electron chi connectivity index (χ1n) is 7.24. The Kier molecular flexibility index (Phi) is 4.70. The maximum Gasteiger partial charge on any atom is 0.451 e. The predicted molar refractivity (Wildman–Crippen MR) is 83.3 cm³/mol. The molecule has 5 nitrogen and oxygen atoms in total. The normalized spacial score (nSPS) is 11.3. The van der Waals surface area contributed by atoms with E-state index in [1.807, 2.05) is 0 Å². The number of alkyl halides is 3. The van der Waals surface area contributed by atoms with E-state index in [0.29, 0.717) is 16.9 Å². The van der Waals surface area contributed by atoms with Gasteiger partial charge in [0.15, 0.2) is 5.75 Å². The highest BCUT2D eigenvalue weighted by Gasteiger charge is 2.34. The first-order chi connectivity index (χ1) is 12.4. The number of halogens is 4. The Labute approximate surface area is 145 Å². The van der Waals surface area contributed by atoms with E-state index in [0.717, 1.165) is 12.4 Å². The van der Waals surface area contributed by atoms with E-state index in [1.54, 1.807) is 12.1 Å². The van der Waals surface area contributed by atoms with Gasteiger partial charge in [-0.05, 0) is 30.3 Å². The van der Waals surface area contributed by atoms with Gasteiger partial charge in [-0.3, -0.25) is 0 Å². The van der Waals surface area contributed by atoms with Gasteiger partial charge in [-0.25, -0.2) is 19.3 Å². The SMILES string of the molecule is COc1ccc(F)cc1-c1cccnc1Oc1cnc(C(F)(F)F)nc1. The second-order valence-electron chi connectivity index (χ2n) is 5.04. The average molecular weight is 365 g/mol. The highest BCUT2D eigenvalue weighted by Crippen LogP contribution is 2.37. The second kappa shape index (κ2) is 6.95. The van der Waals surface area contributed by atoms with E-state index >= 15 is 0 Å². The summed E-state index contributed by atoms with van der Waals surface area (Å²) in [5, 5.41) is 0. The molecule has 0 radical (unpaired) electrons. The van der Waals surface area contributed by atoms with Gasteiger partial charge in [0.05, 0.1) is 19.5 Å². The Morgan fingerprint density at radius 2 is 1.69 bits per heavy atom. The molecule has 26 heavy (non-hydrogen) atoms. The highest BCUT2D eigenvalue weighted by molar-refractivity contribution is 5.74. The molecule has 134 valence electrons. The number of ether oxygens (including phenoxy) is 2. The molecule has 2 heterocycles. The molecule has 1 aromatic carbocycles. The van der Waals surface area contributed by atoms with Crippen LogP contribution in [0.25, 0.3) is 11.1 Å². The molecule has 0 spiro atoms. The lowest BCUT2D eigenvalue weighted by Gasteiger charge is -2.13. The molecule has 0 aliphatic heterocycles. The zero-order chi connectivity index (χ0) is 18.7. The third-order valence-electron chi connectivity index (χ3n) is 3.32. The molecule has 3 rings (SSSR count). The van der Waals surface area contributed by atoms with Crippen molar-refractivity contribution in [2.24, 2.45) is 0 Å². The maximum absolute atomic E-state index is 13.6. The lowest BCUT2D eigenvalue weighted by Crippen LogP contribution is -2.10. The van der Waals surface area contributed by atoms with Crippen molar-refractivity contribution < 1.29 is 27.0 Å². The van der Waals surface area contributed by atoms with Crippen LogP contribution >= 0.6 is 0 Å². The molecule has 0 atom stereocenters. The van der Waals surface area contributed by atoms with Gasteiger partial charge in [0, 0.05) is 17.3 Å². The molecule has 3 aromatic rings. The summed E-state index contributed by atoms with van der Waals surface area (Å²) in [5.41, 5.74) is 0.771. The molecule has 0 fully saturated rings. The first-order valence-corrected chi connectivity index (χ1v) is 7.24. The van der Waals surface area contributed by atoms with Gasteiger partial charge in [-0.2, -0.15) is 13.2 Å². The van der Waals surface area contributed by atoms with Crippen LogP contribution < -0.4 is 9.47 Å². The van der Waals surface area contributed by atoms with Crippen molar-refractivity contribution >= 4 is 0 Å². The Morgan fingerprint density at radius 3 is 2.35 bits per heavy atom. The summed E-state index contributed by atoms with van der Waals surface area (Å²) < 4.78 is 61.9. The lowest BCUT2D eigenvalue weighted by atomic mass is 10.1. The number of rotatable bonds is 4. The van der Waals surface area contributed by atoms with E-state index in [1.165, 1.54) is 31.5 Å². The quantitative estimate of drug-likeness (QED) is 0.638. The molecule has 0 aliphatic rings. The minimum absolute atomic E-state index is 0.0414.